The summed E-state index contributed by atoms with van der Waals surface area (Å²) in [6, 6.07) is 41.5. The number of aliphatic hydroxyl groups is 1. The molecule has 11 N–H and O–H groups in total. The van der Waals surface area contributed by atoms with Crippen LogP contribution >= 0.6 is 22.7 Å². The Bertz CT molecular complexity index is 7150. The van der Waals surface area contributed by atoms with Crippen LogP contribution in [0.4, 0.5) is 8.78 Å². The van der Waals surface area contributed by atoms with Crippen LogP contribution in [-0.4, -0.2) is 160 Å². The summed E-state index contributed by atoms with van der Waals surface area (Å²) < 4.78 is 69.3. The van der Waals surface area contributed by atoms with E-state index < -0.39 is 17.9 Å². The number of carbonyl (C=O) groups excluding carboxylic acids is 5. The van der Waals surface area contributed by atoms with E-state index in [9.17, 15) is 37.9 Å². The number of thiazole rings is 2. The average molecular weight is 1870 g/mol. The predicted molar refractivity (Wildman–Crippen MR) is 514 cm³/mol. The number of furan rings is 3. The lowest BCUT2D eigenvalue weighted by Gasteiger charge is -2.18. The number of hydrogen-bond acceptors (Lipinski definition) is 25. The molecule has 37 heteroatoms. The number of nitrogens with zero attached hydrogens (tertiary/aromatic N) is 9. The topological polar surface area (TPSA) is 446 Å². The highest BCUT2D eigenvalue weighted by atomic mass is 32.1. The van der Waals surface area contributed by atoms with Crippen LogP contribution in [0.2, 0.25) is 0 Å². The molecule has 2 saturated carbocycles. The van der Waals surface area contributed by atoms with E-state index in [4.69, 9.17) is 36.9 Å². The van der Waals surface area contributed by atoms with Crippen molar-refractivity contribution in [2.75, 3.05) is 42.2 Å². The molecule has 18 aromatic rings. The number of pyridine rings is 2. The van der Waals surface area contributed by atoms with Gasteiger partial charge in [0.25, 0.3) is 29.5 Å². The first-order chi connectivity index (χ1) is 66.5. The molecule has 688 valence electrons. The van der Waals surface area contributed by atoms with Crippen molar-refractivity contribution < 1.29 is 74.8 Å². The molecule has 1 unspecified atom stereocenters. The zero-order chi connectivity index (χ0) is 94.4. The van der Waals surface area contributed by atoms with Crippen LogP contribution in [0.15, 0.2) is 219 Å². The van der Waals surface area contributed by atoms with Crippen molar-refractivity contribution in [2.24, 2.45) is 0 Å². The molecule has 0 spiro atoms. The maximum Gasteiger partial charge on any atom is 0.255 e. The van der Waals surface area contributed by atoms with Crippen LogP contribution in [0.1, 0.15) is 156 Å². The third-order valence-corrected chi connectivity index (χ3v) is 22.8. The highest BCUT2D eigenvalue weighted by molar-refractivity contribution is 7.10. The molecular formula is C99H87F2N19O14S2. The van der Waals surface area contributed by atoms with Crippen molar-refractivity contribution in [2.45, 2.75) is 56.9 Å². The number of nitrogens with one attached hydrogen (secondary N) is 10. The molecule has 2 aliphatic rings. The summed E-state index contributed by atoms with van der Waals surface area (Å²) in [6.07, 6.45) is 35.3. The number of aromatic nitrogens is 14. The normalized spacial score (nSPS) is 12.6. The van der Waals surface area contributed by atoms with E-state index in [-0.39, 0.29) is 42.2 Å². The first-order valence-electron chi connectivity index (χ1n) is 42.4. The second-order valence-corrected chi connectivity index (χ2v) is 32.2. The van der Waals surface area contributed by atoms with Crippen LogP contribution in [0.25, 0.3) is 115 Å². The maximum absolute atomic E-state index is 13.1. The Hall–Kier alpha value is -17.1. The molecule has 2 fully saturated rings. The van der Waals surface area contributed by atoms with E-state index in [1.54, 1.807) is 178 Å². The molecule has 0 radical (unpaired) electrons. The van der Waals surface area contributed by atoms with E-state index >= 15 is 0 Å². The van der Waals surface area contributed by atoms with Gasteiger partial charge in [-0.25, -0.2) is 19.9 Å². The molecule has 12 heterocycles. The number of aliphatic hydroxyl groups excluding tert-OH is 1. The average Bonchev–Trinajstić information content (AvgIpc) is 1.63. The molecule has 5 amide bonds. The number of fused-ring (bicyclic) bond motifs is 5. The molecule has 0 bridgehead atoms. The zero-order valence-electron chi connectivity index (χ0n) is 73.4. The van der Waals surface area contributed by atoms with Crippen LogP contribution in [-0.2, 0) is 13.1 Å². The molecule has 1 atom stereocenters. The minimum absolute atomic E-state index is 0.104. The Morgan fingerprint density at radius 1 is 0.412 bits per heavy atom. The van der Waals surface area contributed by atoms with Gasteiger partial charge in [-0.05, 0) is 206 Å². The lowest BCUT2D eigenvalue weighted by atomic mass is 10.0. The largest absolute Gasteiger partial charge is 0.495 e. The zero-order valence-corrected chi connectivity index (χ0v) is 75.1. The first kappa shape index (κ1) is 92.2. The molecule has 20 rings (SSSR count). The number of benzene rings is 6. The van der Waals surface area contributed by atoms with Gasteiger partial charge in [0.15, 0.2) is 0 Å². The molecule has 0 saturated heterocycles. The van der Waals surface area contributed by atoms with Gasteiger partial charge in [-0.2, -0.15) is 34.3 Å². The summed E-state index contributed by atoms with van der Waals surface area (Å²) in [6.45, 7) is 0.354. The molecule has 136 heavy (non-hydrogen) atoms. The lowest BCUT2D eigenvalue weighted by molar-refractivity contribution is 0.0909. The Labute approximate surface area is 781 Å². The number of ether oxygens (including phenoxy) is 5. The summed E-state index contributed by atoms with van der Waals surface area (Å²) in [5.74, 6) is 1.45. The number of halogens is 2. The number of carbonyl (C=O) groups is 5. The summed E-state index contributed by atoms with van der Waals surface area (Å²) in [5.41, 5.74) is 12.4. The monoisotopic (exact) mass is 1870 g/mol. The minimum Gasteiger partial charge on any atom is -0.495 e. The fraction of sp³-hybridized carbons (Fsp3) is 0.152. The van der Waals surface area contributed by atoms with Crippen LogP contribution in [0.5, 0.6) is 28.7 Å². The van der Waals surface area contributed by atoms with E-state index in [1.807, 2.05) is 89.7 Å². The number of methoxy groups -OCH3 is 5. The second kappa shape index (κ2) is 43.8. The van der Waals surface area contributed by atoms with E-state index in [1.165, 1.54) is 57.2 Å². The smallest absolute Gasteiger partial charge is 0.255 e. The van der Waals surface area contributed by atoms with Crippen LogP contribution < -0.4 is 50.3 Å². The second-order valence-electron chi connectivity index (χ2n) is 30.3. The summed E-state index contributed by atoms with van der Waals surface area (Å²) in [5, 5.41) is 69.8. The highest BCUT2D eigenvalue weighted by Gasteiger charge is 2.30. The fourth-order valence-electron chi connectivity index (χ4n) is 14.4. The fourth-order valence-corrected chi connectivity index (χ4v) is 15.4. The molecule has 33 nitrogen and oxygen atoms in total. The van der Waals surface area contributed by atoms with E-state index in [2.05, 4.69) is 97.5 Å². The van der Waals surface area contributed by atoms with E-state index in [0.29, 0.717) is 132 Å². The van der Waals surface area contributed by atoms with Gasteiger partial charge in [-0.1, -0.05) is 42.5 Å². The van der Waals surface area contributed by atoms with Gasteiger partial charge in [-0.15, -0.1) is 22.7 Å². The summed E-state index contributed by atoms with van der Waals surface area (Å²) in [4.78, 5) is 79.0. The van der Waals surface area contributed by atoms with Crippen molar-refractivity contribution in [3.63, 3.8) is 0 Å². The number of H-pyrrole nitrogens is 5. The van der Waals surface area contributed by atoms with Crippen molar-refractivity contribution in [1.29, 1.82) is 0 Å². The quantitative estimate of drug-likeness (QED) is 0.0194. The third kappa shape index (κ3) is 22.4. The van der Waals surface area contributed by atoms with E-state index in [0.717, 1.165) is 96.5 Å². The molecule has 0 aliphatic heterocycles. The summed E-state index contributed by atoms with van der Waals surface area (Å²) >= 11 is 3.09. The number of aromatic amines is 5. The Balaban J connectivity index is 0.000000124. The van der Waals surface area contributed by atoms with Crippen molar-refractivity contribution in [1.82, 2.24) is 97.5 Å². The third-order valence-electron chi connectivity index (χ3n) is 21.3. The standard InChI is InChI=1S/C24H21FN4O3.C20H17N3O4.C19H17FN4O2.C19H16N4O3S.C17H16N4O2S/c1-32-23-17(24(31)27-20(14-30)16-5-3-2-4-6-16)9-11-19-22(23)18(28-29-19)10-7-15-8-12-21(25)26-13-15;1-25-19-15(20(24)21-11-14-3-2-9-27-14)5-7-17-18(19)16(22-23-17)6-4-13-8-10-26-12-13;1-26-18-13(19(25)22-12-4-5-12)6-8-15-17(18)14(23-24-15)7-2-11-3-9-16(20)21-10-11;1-25-18-13(19(24)21-11-12-3-2-9-26-12)4-5-14-17(18)15(23-22-14)6-7-16-20-8-10-27-16;1-23-16-11(17(22)19-10-2-3-10)4-5-12-15(16)13(21-20-12)6-7-14-18-8-9-24-14/h2-13,20,30H,14H2,1H3,(H,27,31)(H,28,29);2-10,12H,11H2,1H3,(H,21,24)(H,22,23);2-3,6-10,12H,4-5H2,1H3,(H,22,25)(H,23,24);2-10H,11H2,1H3,(H,21,24)(H,22,23);4-10H,2-3H2,1H3,(H,19,22)(H,20,21)/b10-7+;6-4+;7-2+;2*7-6+. The lowest BCUT2D eigenvalue weighted by Crippen LogP contribution is -2.31. The molecule has 6 aromatic carbocycles. The number of amides is 5. The van der Waals surface area contributed by atoms with Crippen LogP contribution in [0, 0.1) is 11.9 Å². The predicted octanol–water partition coefficient (Wildman–Crippen LogP) is 17.6. The SMILES string of the molecule is COc1c(C(=O)NC(CO)c2ccccc2)ccc2n[nH]c(/C=C/c3ccc(F)nc3)c12.COc1c(C(=O)NC2CC2)ccc2n[nH]c(/C=C/c3ccc(F)nc3)c12.COc1c(C(=O)NC2CC2)ccc2n[nH]c(/C=C/c3nccs3)c12.COc1c(C(=O)NCc2ccco2)ccc2n[nH]c(/C=C/c3ccoc3)c12.COc1c(C(=O)NCc2ccco2)ccc2n[nH]c(/C=C/c3nccs3)c12. The van der Waals surface area contributed by atoms with Gasteiger partial charge in [0.2, 0.25) is 11.9 Å². The van der Waals surface area contributed by atoms with Gasteiger partial charge in [0, 0.05) is 53.2 Å². The van der Waals surface area contributed by atoms with Gasteiger partial charge in [0.1, 0.15) is 50.3 Å². The van der Waals surface area contributed by atoms with Gasteiger partial charge >= 0.3 is 0 Å². The van der Waals surface area contributed by atoms with Gasteiger partial charge in [0.05, 0.1) is 197 Å². The van der Waals surface area contributed by atoms with Crippen molar-refractivity contribution in [3.8, 4) is 28.7 Å². The Kier molecular flexibility index (Phi) is 29.7. The van der Waals surface area contributed by atoms with Crippen LogP contribution in [0.3, 0.4) is 0 Å². The van der Waals surface area contributed by atoms with Crippen molar-refractivity contribution in [3.05, 3.63) is 318 Å². The highest BCUT2D eigenvalue weighted by Crippen LogP contribution is 2.39. The molecule has 2 aliphatic carbocycles. The first-order valence-corrected chi connectivity index (χ1v) is 44.2. The minimum atomic E-state index is -0.557. The van der Waals surface area contributed by atoms with Gasteiger partial charge < -0.3 is 68.6 Å². The Morgan fingerprint density at radius 3 is 1.08 bits per heavy atom. The maximum atomic E-state index is 13.1. The molecule has 12 aromatic heterocycles. The molecular weight excluding hydrogens is 1780 g/mol. The van der Waals surface area contributed by atoms with Crippen molar-refractivity contribution >= 4 is 167 Å². The Morgan fingerprint density at radius 2 is 0.772 bits per heavy atom. The number of hydrogen-bond donors (Lipinski definition) is 11. The van der Waals surface area contributed by atoms with Gasteiger partial charge in [-0.3, -0.25) is 49.5 Å². The number of rotatable bonds is 29. The summed E-state index contributed by atoms with van der Waals surface area (Å²) in [7, 11) is 7.67.